The van der Waals surface area contributed by atoms with Gasteiger partial charge in [0.2, 0.25) is 0 Å². The SMILES string of the molecule is C1=Cc2ccccc21.C=C(C)C(=O)O. The molecular weight excluding hydrogens is 176 g/mol. The predicted octanol–water partition coefficient (Wildman–Crippen LogP) is 2.82. The van der Waals surface area contributed by atoms with E-state index in [9.17, 15) is 4.79 Å². The summed E-state index contributed by atoms with van der Waals surface area (Å²) in [7, 11) is 0. The Kier molecular flexibility index (Phi) is 3.24. The van der Waals surface area contributed by atoms with E-state index < -0.39 is 5.97 Å². The Morgan fingerprint density at radius 2 is 1.57 bits per heavy atom. The lowest BCUT2D eigenvalue weighted by molar-refractivity contribution is -0.132. The third kappa shape index (κ3) is 2.59. The molecule has 1 aromatic carbocycles. The smallest absolute Gasteiger partial charge is 0.330 e. The van der Waals surface area contributed by atoms with Crippen LogP contribution in [0.5, 0.6) is 0 Å². The van der Waals surface area contributed by atoms with E-state index in [0.717, 1.165) is 0 Å². The molecule has 0 heterocycles. The summed E-state index contributed by atoms with van der Waals surface area (Å²) in [6, 6.07) is 8.36. The largest absolute Gasteiger partial charge is 0.478 e. The van der Waals surface area contributed by atoms with E-state index in [-0.39, 0.29) is 5.57 Å². The van der Waals surface area contributed by atoms with Crippen molar-refractivity contribution in [1.29, 1.82) is 0 Å². The number of hydrogen-bond donors (Lipinski definition) is 1. The highest BCUT2D eigenvalue weighted by molar-refractivity contribution is 5.85. The Hall–Kier alpha value is -1.83. The van der Waals surface area contributed by atoms with Gasteiger partial charge in [0.15, 0.2) is 0 Å². The molecule has 72 valence electrons. The van der Waals surface area contributed by atoms with Gasteiger partial charge >= 0.3 is 5.97 Å². The number of aliphatic carboxylic acids is 1. The first-order chi connectivity index (χ1) is 6.61. The molecule has 0 saturated carbocycles. The highest BCUT2D eigenvalue weighted by atomic mass is 16.4. The van der Waals surface area contributed by atoms with Crippen LogP contribution in [0.4, 0.5) is 0 Å². The minimum absolute atomic E-state index is 0.176. The number of fused-ring (bicyclic) bond motifs is 1. The highest BCUT2D eigenvalue weighted by Crippen LogP contribution is 2.21. The van der Waals surface area contributed by atoms with Crippen LogP contribution in [0.25, 0.3) is 12.2 Å². The predicted molar refractivity (Wildman–Crippen MR) is 57.8 cm³/mol. The molecule has 1 aliphatic carbocycles. The average Bonchev–Trinajstić information content (AvgIpc) is 2.08. The number of carboxylic acids is 1. The Balaban J connectivity index is 0.000000149. The number of carboxylic acid groups (broad SMARTS) is 1. The second kappa shape index (κ2) is 4.42. The number of rotatable bonds is 1. The molecule has 1 aliphatic rings. The highest BCUT2D eigenvalue weighted by Gasteiger charge is 1.99. The lowest BCUT2D eigenvalue weighted by Gasteiger charge is -2.06. The van der Waals surface area contributed by atoms with Gasteiger partial charge in [-0.2, -0.15) is 0 Å². The monoisotopic (exact) mass is 188 g/mol. The van der Waals surface area contributed by atoms with Crippen molar-refractivity contribution in [2.24, 2.45) is 0 Å². The summed E-state index contributed by atoms with van der Waals surface area (Å²) < 4.78 is 0. The van der Waals surface area contributed by atoms with Gasteiger partial charge < -0.3 is 5.11 Å². The zero-order valence-electron chi connectivity index (χ0n) is 8.03. The molecule has 1 N–H and O–H groups in total. The van der Waals surface area contributed by atoms with Gasteiger partial charge in [-0.25, -0.2) is 4.79 Å². The fourth-order valence-corrected chi connectivity index (χ4v) is 0.898. The van der Waals surface area contributed by atoms with Crippen LogP contribution >= 0.6 is 0 Å². The van der Waals surface area contributed by atoms with Crippen molar-refractivity contribution in [3.05, 3.63) is 47.5 Å². The van der Waals surface area contributed by atoms with Crippen LogP contribution < -0.4 is 0 Å². The average molecular weight is 188 g/mol. The van der Waals surface area contributed by atoms with Crippen molar-refractivity contribution < 1.29 is 9.90 Å². The van der Waals surface area contributed by atoms with Crippen molar-refractivity contribution in [3.8, 4) is 0 Å². The van der Waals surface area contributed by atoms with Crippen LogP contribution in [-0.2, 0) is 4.79 Å². The van der Waals surface area contributed by atoms with Gasteiger partial charge in [-0.05, 0) is 18.1 Å². The Morgan fingerprint density at radius 3 is 1.71 bits per heavy atom. The standard InChI is InChI=1S/C8H6.C4H6O2/c1-2-4-8-6-5-7(8)3-1;1-3(2)4(5)6/h1-6H;1H2,2H3,(H,5,6). The molecule has 0 aromatic heterocycles. The van der Waals surface area contributed by atoms with Gasteiger partial charge in [0.25, 0.3) is 0 Å². The molecule has 2 heteroatoms. The van der Waals surface area contributed by atoms with E-state index in [0.29, 0.717) is 0 Å². The second-order valence-corrected chi connectivity index (χ2v) is 3.05. The van der Waals surface area contributed by atoms with Crippen LogP contribution in [0.2, 0.25) is 0 Å². The summed E-state index contributed by atoms with van der Waals surface area (Å²) in [5.41, 5.74) is 2.91. The molecule has 0 fully saturated rings. The third-order valence-electron chi connectivity index (χ3n) is 1.80. The van der Waals surface area contributed by atoms with E-state index in [1.54, 1.807) is 0 Å². The molecule has 0 spiro atoms. The van der Waals surface area contributed by atoms with Crippen LogP contribution in [-0.4, -0.2) is 11.1 Å². The van der Waals surface area contributed by atoms with Crippen LogP contribution in [0, 0.1) is 0 Å². The van der Waals surface area contributed by atoms with E-state index in [1.165, 1.54) is 18.1 Å². The summed E-state index contributed by atoms with van der Waals surface area (Å²) in [5.74, 6) is -0.935. The second-order valence-electron chi connectivity index (χ2n) is 3.05. The Morgan fingerprint density at radius 1 is 1.21 bits per heavy atom. The normalized spacial score (nSPS) is 10.4. The van der Waals surface area contributed by atoms with Crippen LogP contribution in [0.15, 0.2) is 36.4 Å². The van der Waals surface area contributed by atoms with E-state index >= 15 is 0 Å². The molecule has 0 bridgehead atoms. The molecule has 0 radical (unpaired) electrons. The van der Waals surface area contributed by atoms with Gasteiger partial charge in [-0.3, -0.25) is 0 Å². The molecule has 0 unspecified atom stereocenters. The lowest BCUT2D eigenvalue weighted by atomic mass is 9.99. The quantitative estimate of drug-likeness (QED) is 0.699. The molecule has 0 saturated heterocycles. The molecule has 0 atom stereocenters. The number of hydrogen-bond acceptors (Lipinski definition) is 1. The summed E-state index contributed by atoms with van der Waals surface area (Å²) in [4.78, 5) is 9.60. The topological polar surface area (TPSA) is 37.3 Å². The molecule has 0 aliphatic heterocycles. The zero-order valence-corrected chi connectivity index (χ0v) is 8.03. The Bertz CT molecular complexity index is 352. The summed E-state index contributed by atoms with van der Waals surface area (Å²) in [5, 5.41) is 7.89. The maximum absolute atomic E-state index is 9.60. The van der Waals surface area contributed by atoms with Crippen molar-refractivity contribution >= 4 is 18.1 Å². The van der Waals surface area contributed by atoms with E-state index in [4.69, 9.17) is 5.11 Å². The zero-order chi connectivity index (χ0) is 10.6. The summed E-state index contributed by atoms with van der Waals surface area (Å²) in [6.07, 6.45) is 4.24. The lowest BCUT2D eigenvalue weighted by Crippen LogP contribution is -1.92. The van der Waals surface area contributed by atoms with Crippen molar-refractivity contribution in [3.63, 3.8) is 0 Å². The third-order valence-corrected chi connectivity index (χ3v) is 1.80. The first-order valence-electron chi connectivity index (χ1n) is 4.27. The first-order valence-corrected chi connectivity index (χ1v) is 4.27. The van der Waals surface area contributed by atoms with Crippen molar-refractivity contribution in [2.45, 2.75) is 6.92 Å². The van der Waals surface area contributed by atoms with Gasteiger partial charge in [0.05, 0.1) is 0 Å². The van der Waals surface area contributed by atoms with Crippen LogP contribution in [0.1, 0.15) is 18.1 Å². The molecule has 2 nitrogen and oxygen atoms in total. The van der Waals surface area contributed by atoms with Gasteiger partial charge in [0, 0.05) is 5.57 Å². The number of carbonyl (C=O) groups is 1. The molecule has 2 rings (SSSR count). The van der Waals surface area contributed by atoms with Gasteiger partial charge in [0.1, 0.15) is 0 Å². The van der Waals surface area contributed by atoms with Crippen molar-refractivity contribution in [2.75, 3.05) is 0 Å². The maximum atomic E-state index is 9.60. The summed E-state index contributed by atoms with van der Waals surface area (Å²) >= 11 is 0. The molecule has 1 aromatic rings. The van der Waals surface area contributed by atoms with Crippen molar-refractivity contribution in [1.82, 2.24) is 0 Å². The van der Waals surface area contributed by atoms with E-state index in [2.05, 4.69) is 43.0 Å². The Labute approximate surface area is 83.2 Å². The fraction of sp³-hybridized carbons (Fsp3) is 0.0833. The fourth-order valence-electron chi connectivity index (χ4n) is 0.898. The molecule has 14 heavy (non-hydrogen) atoms. The van der Waals surface area contributed by atoms with Crippen LogP contribution in [0.3, 0.4) is 0 Å². The minimum atomic E-state index is -0.935. The van der Waals surface area contributed by atoms with Gasteiger partial charge in [-0.15, -0.1) is 0 Å². The summed E-state index contributed by atoms with van der Waals surface area (Å²) in [6.45, 7) is 4.60. The first kappa shape index (κ1) is 10.3. The minimum Gasteiger partial charge on any atom is -0.478 e. The van der Waals surface area contributed by atoms with Gasteiger partial charge in [-0.1, -0.05) is 43.0 Å². The number of benzene rings is 1. The molecular formula is C12H12O2. The maximum Gasteiger partial charge on any atom is 0.330 e. The van der Waals surface area contributed by atoms with E-state index in [1.807, 2.05) is 0 Å². The molecule has 0 amide bonds.